The van der Waals surface area contributed by atoms with E-state index in [4.69, 9.17) is 10.00 Å². The van der Waals surface area contributed by atoms with E-state index in [1.165, 1.54) is 48.5 Å². The molecule has 6 rings (SSSR count). The fraction of sp³-hybridized carbons (Fsp3) is 0.140. The topological polar surface area (TPSA) is 33.0 Å². The van der Waals surface area contributed by atoms with Crippen LogP contribution in [0.1, 0.15) is 54.2 Å². The number of aryl methyl sites for hydroxylation is 1. The third-order valence-corrected chi connectivity index (χ3v) is 8.40. The second-order valence-corrected chi connectivity index (χ2v) is 13.2. The highest BCUT2D eigenvalue weighted by Crippen LogP contribution is 2.37. The van der Waals surface area contributed by atoms with E-state index in [2.05, 4.69) is 11.8 Å². The van der Waals surface area contributed by atoms with Gasteiger partial charge in [-0.2, -0.15) is 14.0 Å². The van der Waals surface area contributed by atoms with Gasteiger partial charge in [-0.1, -0.05) is 75.1 Å². The summed E-state index contributed by atoms with van der Waals surface area (Å²) in [4.78, 5) is 0. The fourth-order valence-corrected chi connectivity index (χ4v) is 5.82. The van der Waals surface area contributed by atoms with Gasteiger partial charge in [0.25, 0.3) is 0 Å². The normalized spacial score (nSPS) is 11.5. The van der Waals surface area contributed by atoms with Crippen molar-refractivity contribution in [3.8, 4) is 45.9 Å². The van der Waals surface area contributed by atoms with Gasteiger partial charge in [-0.3, -0.25) is 0 Å². The van der Waals surface area contributed by atoms with Gasteiger partial charge in [-0.15, -0.1) is 0 Å². The zero-order valence-electron chi connectivity index (χ0n) is 27.9. The maximum absolute atomic E-state index is 15.4. The lowest BCUT2D eigenvalue weighted by Gasteiger charge is -2.22. The maximum atomic E-state index is 15.4. The zero-order valence-corrected chi connectivity index (χ0v) is 27.9. The highest BCUT2D eigenvalue weighted by atomic mass is 19.3. The van der Waals surface area contributed by atoms with Crippen LogP contribution in [0.4, 0.5) is 26.3 Å². The van der Waals surface area contributed by atoms with E-state index in [1.54, 1.807) is 30.3 Å². The monoisotopic (exact) mass is 689 g/mol. The van der Waals surface area contributed by atoms with Crippen LogP contribution in [0.15, 0.2) is 103 Å². The molecule has 0 atom stereocenters. The van der Waals surface area contributed by atoms with Crippen LogP contribution >= 0.6 is 0 Å². The molecule has 0 saturated heterocycles. The van der Waals surface area contributed by atoms with E-state index in [-0.39, 0.29) is 22.1 Å². The second-order valence-electron chi connectivity index (χ2n) is 13.2. The number of nitrogens with zero attached hydrogens (tertiary/aromatic N) is 1. The van der Waals surface area contributed by atoms with Crippen LogP contribution in [-0.2, 0) is 11.5 Å². The van der Waals surface area contributed by atoms with E-state index < -0.39 is 46.3 Å². The van der Waals surface area contributed by atoms with Gasteiger partial charge in [0.05, 0.1) is 28.3 Å². The van der Waals surface area contributed by atoms with Gasteiger partial charge in [0, 0.05) is 23.3 Å². The van der Waals surface area contributed by atoms with Gasteiger partial charge in [0.15, 0.2) is 0 Å². The number of benzene rings is 6. The molecule has 8 heteroatoms. The van der Waals surface area contributed by atoms with Crippen LogP contribution in [-0.4, -0.2) is 0 Å². The Labute approximate surface area is 291 Å². The van der Waals surface area contributed by atoms with E-state index in [1.807, 2.05) is 39.8 Å². The molecule has 0 radical (unpaired) electrons. The molecular formula is C43H29F6NO. The Morgan fingerprint density at radius 3 is 1.88 bits per heavy atom. The maximum Gasteiger partial charge on any atom is 0.426 e. The Bertz CT molecular complexity index is 2400. The minimum Gasteiger partial charge on any atom is -0.429 e. The number of nitriles is 1. The van der Waals surface area contributed by atoms with Crippen LogP contribution in [0.25, 0.3) is 33.0 Å². The Morgan fingerprint density at radius 1 is 0.608 bits per heavy atom. The lowest BCUT2D eigenvalue weighted by molar-refractivity contribution is -0.185. The molecule has 0 aliphatic rings. The largest absolute Gasteiger partial charge is 0.429 e. The highest BCUT2D eigenvalue weighted by molar-refractivity contribution is 5.88. The number of ether oxygens (including phenoxy) is 1. The predicted octanol–water partition coefficient (Wildman–Crippen LogP) is 11.7. The van der Waals surface area contributed by atoms with Crippen molar-refractivity contribution in [3.63, 3.8) is 0 Å². The Kier molecular flexibility index (Phi) is 9.14. The van der Waals surface area contributed by atoms with Crippen LogP contribution in [0.2, 0.25) is 0 Å². The number of fused-ring (bicyclic) bond motifs is 1. The lowest BCUT2D eigenvalue weighted by atomic mass is 9.82. The SMILES string of the molecule is Cc1cc(F)c(C#Cc2ccc(-c3ccc4cc(C(F)(F)Oc5cc(F)c(-c6ccc(C#N)cc6)c(F)c5)ccc4c3)c(F)c2)c(C(C)(C)C)c1. The van der Waals surface area contributed by atoms with Gasteiger partial charge in [0.2, 0.25) is 0 Å². The van der Waals surface area contributed by atoms with Crippen LogP contribution in [0, 0.1) is 53.4 Å². The van der Waals surface area contributed by atoms with Crippen molar-refractivity contribution in [3.05, 3.63) is 160 Å². The molecule has 6 aromatic rings. The van der Waals surface area contributed by atoms with Gasteiger partial charge in [-0.25, -0.2) is 17.6 Å². The van der Waals surface area contributed by atoms with Crippen molar-refractivity contribution in [2.24, 2.45) is 0 Å². The van der Waals surface area contributed by atoms with Crippen molar-refractivity contribution in [1.29, 1.82) is 5.26 Å². The van der Waals surface area contributed by atoms with E-state index >= 15 is 13.2 Å². The molecule has 254 valence electrons. The molecule has 0 bridgehead atoms. The summed E-state index contributed by atoms with van der Waals surface area (Å²) in [6.07, 6.45) is -3.96. The number of hydrogen-bond donors (Lipinski definition) is 0. The Hall–Kier alpha value is -5.99. The summed E-state index contributed by atoms with van der Waals surface area (Å²) in [6.45, 7) is 7.72. The first-order chi connectivity index (χ1) is 24.1. The van der Waals surface area contributed by atoms with E-state index in [0.29, 0.717) is 39.6 Å². The van der Waals surface area contributed by atoms with Crippen LogP contribution in [0.5, 0.6) is 5.75 Å². The zero-order chi connectivity index (χ0) is 36.7. The molecule has 0 aliphatic heterocycles. The molecule has 0 amide bonds. The van der Waals surface area contributed by atoms with Crippen molar-refractivity contribution >= 4 is 10.8 Å². The van der Waals surface area contributed by atoms with Crippen molar-refractivity contribution in [2.75, 3.05) is 0 Å². The van der Waals surface area contributed by atoms with Crippen molar-refractivity contribution < 1.29 is 31.1 Å². The first kappa shape index (κ1) is 34.9. The summed E-state index contributed by atoms with van der Waals surface area (Å²) in [5.41, 5.74) is 1.96. The molecule has 6 aromatic carbocycles. The quantitative estimate of drug-likeness (QED) is 0.133. The molecule has 0 fully saturated rings. The predicted molar refractivity (Wildman–Crippen MR) is 186 cm³/mol. The summed E-state index contributed by atoms with van der Waals surface area (Å²) < 4.78 is 95.4. The number of alkyl halides is 2. The third kappa shape index (κ3) is 7.32. The van der Waals surface area contributed by atoms with Crippen LogP contribution < -0.4 is 4.74 Å². The van der Waals surface area contributed by atoms with Gasteiger partial charge in [0.1, 0.15) is 29.0 Å². The molecule has 0 spiro atoms. The highest BCUT2D eigenvalue weighted by Gasteiger charge is 2.35. The average molecular weight is 690 g/mol. The summed E-state index contributed by atoms with van der Waals surface area (Å²) in [5, 5.41) is 9.87. The van der Waals surface area contributed by atoms with E-state index in [0.717, 1.165) is 17.2 Å². The third-order valence-electron chi connectivity index (χ3n) is 8.40. The first-order valence-corrected chi connectivity index (χ1v) is 15.9. The summed E-state index contributed by atoms with van der Waals surface area (Å²) >= 11 is 0. The van der Waals surface area contributed by atoms with Gasteiger partial charge in [-0.05, 0) is 93.9 Å². The molecule has 0 heterocycles. The number of halogens is 6. The molecular weight excluding hydrogens is 660 g/mol. The smallest absolute Gasteiger partial charge is 0.426 e. The molecule has 0 N–H and O–H groups in total. The molecule has 0 saturated carbocycles. The van der Waals surface area contributed by atoms with E-state index in [9.17, 15) is 13.2 Å². The standard InChI is InChI=1S/C43H29F6NO/c1-25-17-36(42(2,3)4)35(37(44)18-25)16-8-26-7-15-34(38(45)19-26)31-12-11-30-21-32(14-13-29(30)20-31)43(48,49)51-33-22-39(46)41(40(47)23-33)28-9-5-27(24-50)6-10-28/h5-7,9-15,17-23H,1-4H3. The molecule has 0 aliphatic carbocycles. The molecule has 51 heavy (non-hydrogen) atoms. The van der Waals surface area contributed by atoms with Crippen LogP contribution in [0.3, 0.4) is 0 Å². The number of hydrogen-bond acceptors (Lipinski definition) is 2. The number of rotatable bonds is 5. The van der Waals surface area contributed by atoms with Crippen molar-refractivity contribution in [2.45, 2.75) is 39.2 Å². The Balaban J connectivity index is 1.23. The van der Waals surface area contributed by atoms with Gasteiger partial charge >= 0.3 is 6.11 Å². The Morgan fingerprint density at radius 2 is 1.24 bits per heavy atom. The molecule has 0 aromatic heterocycles. The lowest BCUT2D eigenvalue weighted by Crippen LogP contribution is -2.22. The molecule has 2 nitrogen and oxygen atoms in total. The average Bonchev–Trinajstić information content (AvgIpc) is 3.06. The van der Waals surface area contributed by atoms with Crippen molar-refractivity contribution in [1.82, 2.24) is 0 Å². The minimum absolute atomic E-state index is 0.130. The second kappa shape index (κ2) is 13.4. The summed E-state index contributed by atoms with van der Waals surface area (Å²) in [7, 11) is 0. The fourth-order valence-electron chi connectivity index (χ4n) is 5.82. The summed E-state index contributed by atoms with van der Waals surface area (Å²) in [5.74, 6) is 1.81. The van der Waals surface area contributed by atoms with Gasteiger partial charge < -0.3 is 4.74 Å². The molecule has 0 unspecified atom stereocenters. The summed E-state index contributed by atoms with van der Waals surface area (Å²) in [6, 6.07) is 25.0. The minimum atomic E-state index is -3.96. The first-order valence-electron chi connectivity index (χ1n) is 15.9.